The van der Waals surface area contributed by atoms with Gasteiger partial charge in [-0.1, -0.05) is 11.6 Å². The standard InChI is InChI=1S/C10H10ClNO/c1-6-8-4-3-7(13)5-9(8)12(2)10(6)11/h3-5,13H,1-2H3. The number of aromatic nitrogens is 1. The van der Waals surface area contributed by atoms with Crippen molar-refractivity contribution in [2.45, 2.75) is 6.92 Å². The molecule has 0 radical (unpaired) electrons. The van der Waals surface area contributed by atoms with Gasteiger partial charge in [0.1, 0.15) is 10.9 Å². The zero-order chi connectivity index (χ0) is 9.59. The molecular weight excluding hydrogens is 186 g/mol. The van der Waals surface area contributed by atoms with Crippen LogP contribution in [0.3, 0.4) is 0 Å². The highest BCUT2D eigenvalue weighted by Crippen LogP contribution is 2.30. The molecule has 0 aliphatic carbocycles. The minimum absolute atomic E-state index is 0.268. The van der Waals surface area contributed by atoms with Crippen LogP contribution in [0.4, 0.5) is 0 Å². The van der Waals surface area contributed by atoms with Crippen LogP contribution >= 0.6 is 11.6 Å². The molecule has 0 bridgehead atoms. The van der Waals surface area contributed by atoms with Gasteiger partial charge in [-0.2, -0.15) is 0 Å². The van der Waals surface area contributed by atoms with Gasteiger partial charge in [0.25, 0.3) is 0 Å². The molecule has 2 aromatic rings. The highest BCUT2D eigenvalue weighted by molar-refractivity contribution is 6.32. The van der Waals surface area contributed by atoms with Crippen LogP contribution in [0.1, 0.15) is 5.56 Å². The molecule has 0 saturated carbocycles. The number of fused-ring (bicyclic) bond motifs is 1. The predicted octanol–water partition coefficient (Wildman–Crippen LogP) is 2.85. The molecule has 2 nitrogen and oxygen atoms in total. The zero-order valence-electron chi connectivity index (χ0n) is 7.50. The second-order valence-electron chi connectivity index (χ2n) is 3.18. The van der Waals surface area contributed by atoms with Crippen LogP contribution in [0, 0.1) is 6.92 Å². The SMILES string of the molecule is Cc1c(Cl)n(C)c2cc(O)ccc12. The number of nitrogens with zero attached hydrogens (tertiary/aromatic N) is 1. The Hall–Kier alpha value is -1.15. The molecule has 0 aliphatic heterocycles. The molecule has 1 aromatic heterocycles. The summed E-state index contributed by atoms with van der Waals surface area (Å²) in [6.45, 7) is 1.97. The van der Waals surface area contributed by atoms with Crippen LogP contribution in [-0.4, -0.2) is 9.67 Å². The van der Waals surface area contributed by atoms with Gasteiger partial charge in [0, 0.05) is 18.5 Å². The number of hydrogen-bond donors (Lipinski definition) is 1. The van der Waals surface area contributed by atoms with Gasteiger partial charge >= 0.3 is 0 Å². The van der Waals surface area contributed by atoms with E-state index in [0.29, 0.717) is 0 Å². The quantitative estimate of drug-likeness (QED) is 0.687. The Morgan fingerprint density at radius 2 is 2.08 bits per heavy atom. The lowest BCUT2D eigenvalue weighted by molar-refractivity contribution is 0.476. The van der Waals surface area contributed by atoms with Gasteiger partial charge < -0.3 is 9.67 Å². The normalized spacial score (nSPS) is 11.0. The summed E-state index contributed by atoms with van der Waals surface area (Å²) in [5.74, 6) is 0.268. The van der Waals surface area contributed by atoms with Crippen molar-refractivity contribution in [1.29, 1.82) is 0 Å². The molecule has 1 aromatic carbocycles. The average molecular weight is 196 g/mol. The van der Waals surface area contributed by atoms with Crippen molar-refractivity contribution in [2.75, 3.05) is 0 Å². The number of halogens is 1. The number of aromatic hydroxyl groups is 1. The van der Waals surface area contributed by atoms with E-state index in [0.717, 1.165) is 21.6 Å². The molecule has 0 saturated heterocycles. The molecule has 0 spiro atoms. The van der Waals surface area contributed by atoms with Crippen LogP contribution in [0.15, 0.2) is 18.2 Å². The second kappa shape index (κ2) is 2.67. The van der Waals surface area contributed by atoms with E-state index in [-0.39, 0.29) is 5.75 Å². The average Bonchev–Trinajstić information content (AvgIpc) is 2.32. The highest BCUT2D eigenvalue weighted by Gasteiger charge is 2.09. The van der Waals surface area contributed by atoms with Crippen molar-refractivity contribution >= 4 is 22.5 Å². The third-order valence-electron chi connectivity index (χ3n) is 2.35. The molecule has 0 fully saturated rings. The summed E-state index contributed by atoms with van der Waals surface area (Å²) >= 11 is 6.05. The summed E-state index contributed by atoms with van der Waals surface area (Å²) in [7, 11) is 1.89. The van der Waals surface area contributed by atoms with Crippen LogP contribution in [0.2, 0.25) is 5.15 Å². The molecule has 0 atom stereocenters. The van der Waals surface area contributed by atoms with Crippen molar-refractivity contribution in [2.24, 2.45) is 7.05 Å². The third kappa shape index (κ3) is 1.10. The minimum atomic E-state index is 0.268. The number of phenolic OH excluding ortho intramolecular Hbond substituents is 1. The summed E-state index contributed by atoms with van der Waals surface area (Å²) in [5, 5.41) is 11.1. The topological polar surface area (TPSA) is 25.2 Å². The molecule has 1 N–H and O–H groups in total. The summed E-state index contributed by atoms with van der Waals surface area (Å²) in [5.41, 5.74) is 2.02. The molecule has 0 unspecified atom stereocenters. The molecular formula is C10H10ClNO. The molecule has 13 heavy (non-hydrogen) atoms. The van der Waals surface area contributed by atoms with Crippen LogP contribution in [-0.2, 0) is 7.05 Å². The van der Waals surface area contributed by atoms with E-state index in [9.17, 15) is 5.11 Å². The van der Waals surface area contributed by atoms with Crippen molar-refractivity contribution in [3.8, 4) is 5.75 Å². The molecule has 1 heterocycles. The van der Waals surface area contributed by atoms with E-state index < -0.39 is 0 Å². The van der Waals surface area contributed by atoms with Gasteiger partial charge in [-0.25, -0.2) is 0 Å². The smallest absolute Gasteiger partial charge is 0.117 e. The molecule has 2 rings (SSSR count). The fourth-order valence-corrected chi connectivity index (χ4v) is 1.78. The van der Waals surface area contributed by atoms with E-state index >= 15 is 0 Å². The van der Waals surface area contributed by atoms with Crippen molar-refractivity contribution in [3.63, 3.8) is 0 Å². The first-order valence-electron chi connectivity index (χ1n) is 4.05. The van der Waals surface area contributed by atoms with E-state index in [4.69, 9.17) is 11.6 Å². The van der Waals surface area contributed by atoms with Gasteiger partial charge in [0.05, 0.1) is 5.52 Å². The van der Waals surface area contributed by atoms with E-state index in [1.54, 1.807) is 12.1 Å². The monoisotopic (exact) mass is 195 g/mol. The molecule has 3 heteroatoms. The van der Waals surface area contributed by atoms with Gasteiger partial charge in [0.2, 0.25) is 0 Å². The maximum atomic E-state index is 9.30. The summed E-state index contributed by atoms with van der Waals surface area (Å²) in [6.07, 6.45) is 0. The highest BCUT2D eigenvalue weighted by atomic mass is 35.5. The third-order valence-corrected chi connectivity index (χ3v) is 2.89. The Bertz CT molecular complexity index is 473. The first-order chi connectivity index (χ1) is 6.11. The Labute approximate surface area is 81.4 Å². The second-order valence-corrected chi connectivity index (χ2v) is 3.53. The van der Waals surface area contributed by atoms with Gasteiger partial charge in [-0.3, -0.25) is 0 Å². The Balaban J connectivity index is 2.95. The van der Waals surface area contributed by atoms with Crippen molar-refractivity contribution in [3.05, 3.63) is 28.9 Å². The fraction of sp³-hybridized carbons (Fsp3) is 0.200. The van der Waals surface area contributed by atoms with Crippen LogP contribution in [0.25, 0.3) is 10.9 Å². The lowest BCUT2D eigenvalue weighted by Gasteiger charge is -1.97. The van der Waals surface area contributed by atoms with E-state index in [1.807, 2.05) is 24.6 Å². The van der Waals surface area contributed by atoms with Gasteiger partial charge in [0.15, 0.2) is 0 Å². The summed E-state index contributed by atoms with van der Waals surface area (Å²) in [4.78, 5) is 0. The van der Waals surface area contributed by atoms with Crippen molar-refractivity contribution in [1.82, 2.24) is 4.57 Å². The van der Waals surface area contributed by atoms with E-state index in [1.165, 1.54) is 0 Å². The van der Waals surface area contributed by atoms with Crippen LogP contribution < -0.4 is 0 Å². The maximum Gasteiger partial charge on any atom is 0.117 e. The van der Waals surface area contributed by atoms with Gasteiger partial charge in [-0.05, 0) is 24.6 Å². The largest absolute Gasteiger partial charge is 0.508 e. The number of hydrogen-bond acceptors (Lipinski definition) is 1. The predicted molar refractivity (Wildman–Crippen MR) is 54.3 cm³/mol. The summed E-state index contributed by atoms with van der Waals surface area (Å²) < 4.78 is 1.87. The first kappa shape index (κ1) is 8.45. The molecule has 0 amide bonds. The first-order valence-corrected chi connectivity index (χ1v) is 4.42. The fourth-order valence-electron chi connectivity index (χ4n) is 1.58. The Morgan fingerprint density at radius 1 is 1.38 bits per heavy atom. The van der Waals surface area contributed by atoms with E-state index in [2.05, 4.69) is 0 Å². The number of rotatable bonds is 0. The van der Waals surface area contributed by atoms with Crippen molar-refractivity contribution < 1.29 is 5.11 Å². The Morgan fingerprint density at radius 3 is 2.77 bits per heavy atom. The molecule has 68 valence electrons. The number of benzene rings is 1. The lowest BCUT2D eigenvalue weighted by atomic mass is 10.2. The van der Waals surface area contributed by atoms with Crippen LogP contribution in [0.5, 0.6) is 5.75 Å². The lowest BCUT2D eigenvalue weighted by Crippen LogP contribution is -1.85. The number of aryl methyl sites for hydroxylation is 2. The molecule has 0 aliphatic rings. The zero-order valence-corrected chi connectivity index (χ0v) is 8.26. The number of phenols is 1. The maximum absolute atomic E-state index is 9.30. The Kier molecular flexibility index (Phi) is 1.74. The van der Waals surface area contributed by atoms with Gasteiger partial charge in [-0.15, -0.1) is 0 Å². The summed E-state index contributed by atoms with van der Waals surface area (Å²) in [6, 6.07) is 5.27. The minimum Gasteiger partial charge on any atom is -0.508 e.